The average molecular weight is 240 g/mol. The molecule has 0 radical (unpaired) electrons. The highest BCUT2D eigenvalue weighted by Crippen LogP contribution is 2.41. The Labute approximate surface area is 98.8 Å². The summed E-state index contributed by atoms with van der Waals surface area (Å²) in [5, 5.41) is 3.21. The zero-order valence-electron chi connectivity index (χ0n) is 9.31. The van der Waals surface area contributed by atoms with Crippen LogP contribution in [0.3, 0.4) is 0 Å². The Kier molecular flexibility index (Phi) is 3.56. The van der Waals surface area contributed by atoms with Crippen LogP contribution < -0.4 is 5.73 Å². The number of esters is 1. The van der Waals surface area contributed by atoms with Crippen molar-refractivity contribution in [2.45, 2.75) is 37.6 Å². The third kappa shape index (κ3) is 2.80. The molecule has 2 N–H and O–H groups in total. The van der Waals surface area contributed by atoms with Gasteiger partial charge in [0, 0.05) is 23.8 Å². The molecule has 1 heterocycles. The molecule has 2 rings (SSSR count). The number of ether oxygens (including phenoxy) is 1. The van der Waals surface area contributed by atoms with E-state index in [2.05, 4.69) is 9.72 Å². The number of aromatic nitrogens is 1. The summed E-state index contributed by atoms with van der Waals surface area (Å²) in [6, 6.07) is -0.150. The molecule has 0 bridgehead atoms. The second-order valence-corrected chi connectivity index (χ2v) is 5.00. The molecule has 5 heteroatoms. The monoisotopic (exact) mass is 240 g/mol. The van der Waals surface area contributed by atoms with Crippen molar-refractivity contribution in [2.75, 3.05) is 7.11 Å². The quantitative estimate of drug-likeness (QED) is 0.799. The van der Waals surface area contributed by atoms with E-state index in [-0.39, 0.29) is 12.0 Å². The molecule has 0 amide bonds. The molecular formula is C11H16N2O2S. The minimum atomic E-state index is -0.215. The summed E-state index contributed by atoms with van der Waals surface area (Å²) >= 11 is 1.68. The van der Waals surface area contributed by atoms with E-state index in [4.69, 9.17) is 5.73 Å². The SMILES string of the molecule is COC(=O)CCC(N)c1csc(C2CC2)n1. The van der Waals surface area contributed by atoms with E-state index in [0.29, 0.717) is 18.8 Å². The van der Waals surface area contributed by atoms with Gasteiger partial charge in [-0.05, 0) is 19.3 Å². The van der Waals surface area contributed by atoms with Crippen molar-refractivity contribution in [1.29, 1.82) is 0 Å². The first kappa shape index (κ1) is 11.5. The van der Waals surface area contributed by atoms with E-state index in [1.165, 1.54) is 25.0 Å². The molecule has 0 saturated heterocycles. The third-order valence-corrected chi connectivity index (χ3v) is 3.76. The van der Waals surface area contributed by atoms with Gasteiger partial charge < -0.3 is 10.5 Å². The van der Waals surface area contributed by atoms with Crippen LogP contribution in [0.4, 0.5) is 0 Å². The molecule has 0 aliphatic heterocycles. The second kappa shape index (κ2) is 4.93. The summed E-state index contributed by atoms with van der Waals surface area (Å²) in [5.41, 5.74) is 6.88. The number of rotatable bonds is 5. The van der Waals surface area contributed by atoms with E-state index < -0.39 is 0 Å². The highest BCUT2D eigenvalue weighted by molar-refractivity contribution is 7.09. The van der Waals surface area contributed by atoms with Crippen LogP contribution in [0.5, 0.6) is 0 Å². The van der Waals surface area contributed by atoms with Crippen molar-refractivity contribution in [3.8, 4) is 0 Å². The van der Waals surface area contributed by atoms with Gasteiger partial charge in [-0.3, -0.25) is 4.79 Å². The summed E-state index contributed by atoms with van der Waals surface area (Å²) in [7, 11) is 1.39. The molecule has 0 spiro atoms. The number of hydrogen-bond acceptors (Lipinski definition) is 5. The molecule has 1 fully saturated rings. The normalized spacial score (nSPS) is 17.1. The average Bonchev–Trinajstić information content (AvgIpc) is 3.03. The fourth-order valence-corrected chi connectivity index (χ4v) is 2.57. The molecule has 1 aliphatic carbocycles. The lowest BCUT2D eigenvalue weighted by Crippen LogP contribution is -2.13. The van der Waals surface area contributed by atoms with Gasteiger partial charge in [0.05, 0.1) is 17.8 Å². The van der Waals surface area contributed by atoms with Gasteiger partial charge in [0.25, 0.3) is 0 Å². The van der Waals surface area contributed by atoms with Gasteiger partial charge >= 0.3 is 5.97 Å². The van der Waals surface area contributed by atoms with Crippen molar-refractivity contribution in [3.63, 3.8) is 0 Å². The third-order valence-electron chi connectivity index (χ3n) is 2.73. The maximum absolute atomic E-state index is 11.0. The van der Waals surface area contributed by atoms with Crippen LogP contribution in [0, 0.1) is 0 Å². The zero-order chi connectivity index (χ0) is 11.5. The Balaban J connectivity index is 1.87. The summed E-state index contributed by atoms with van der Waals surface area (Å²) in [6.45, 7) is 0. The Bertz CT molecular complexity index is 374. The van der Waals surface area contributed by atoms with Crippen LogP contribution in [0.2, 0.25) is 0 Å². The number of nitrogens with two attached hydrogens (primary N) is 1. The van der Waals surface area contributed by atoms with Crippen LogP contribution in [-0.4, -0.2) is 18.1 Å². The highest BCUT2D eigenvalue weighted by atomic mass is 32.1. The van der Waals surface area contributed by atoms with E-state index in [9.17, 15) is 4.79 Å². The second-order valence-electron chi connectivity index (χ2n) is 4.11. The van der Waals surface area contributed by atoms with Crippen molar-refractivity contribution in [2.24, 2.45) is 5.73 Å². The molecule has 1 aromatic heterocycles. The van der Waals surface area contributed by atoms with Gasteiger partial charge in [-0.2, -0.15) is 0 Å². The first-order chi connectivity index (χ1) is 7.70. The smallest absolute Gasteiger partial charge is 0.305 e. The van der Waals surface area contributed by atoms with Gasteiger partial charge in [-0.15, -0.1) is 11.3 Å². The lowest BCUT2D eigenvalue weighted by molar-refractivity contribution is -0.140. The lowest BCUT2D eigenvalue weighted by atomic mass is 10.1. The van der Waals surface area contributed by atoms with Gasteiger partial charge in [0.1, 0.15) is 0 Å². The van der Waals surface area contributed by atoms with Crippen molar-refractivity contribution >= 4 is 17.3 Å². The van der Waals surface area contributed by atoms with Gasteiger partial charge in [-0.25, -0.2) is 4.98 Å². The molecule has 1 saturated carbocycles. The van der Waals surface area contributed by atoms with Crippen molar-refractivity contribution in [3.05, 3.63) is 16.1 Å². The van der Waals surface area contributed by atoms with E-state index in [1.807, 2.05) is 5.38 Å². The van der Waals surface area contributed by atoms with Gasteiger partial charge in [0.2, 0.25) is 0 Å². The molecule has 1 aromatic rings. The first-order valence-corrected chi connectivity index (χ1v) is 6.36. The Morgan fingerprint density at radius 3 is 3.12 bits per heavy atom. The van der Waals surface area contributed by atoms with Crippen molar-refractivity contribution < 1.29 is 9.53 Å². The molecular weight excluding hydrogens is 224 g/mol. The Hall–Kier alpha value is -0.940. The predicted octanol–water partition coefficient (Wildman–Crippen LogP) is 1.97. The van der Waals surface area contributed by atoms with Crippen LogP contribution in [0.25, 0.3) is 0 Å². The van der Waals surface area contributed by atoms with E-state index in [1.54, 1.807) is 11.3 Å². The van der Waals surface area contributed by atoms with Crippen LogP contribution in [-0.2, 0) is 9.53 Å². The number of carbonyl (C=O) groups is 1. The summed E-state index contributed by atoms with van der Waals surface area (Å²) in [4.78, 5) is 15.5. The molecule has 88 valence electrons. The number of nitrogens with zero attached hydrogens (tertiary/aromatic N) is 1. The number of hydrogen-bond donors (Lipinski definition) is 1. The van der Waals surface area contributed by atoms with Crippen LogP contribution >= 0.6 is 11.3 Å². The molecule has 4 nitrogen and oxygen atoms in total. The van der Waals surface area contributed by atoms with E-state index in [0.717, 1.165) is 5.69 Å². The molecule has 1 atom stereocenters. The largest absolute Gasteiger partial charge is 0.469 e. The summed E-state index contributed by atoms with van der Waals surface area (Å²) < 4.78 is 4.58. The molecule has 1 aliphatic rings. The highest BCUT2D eigenvalue weighted by Gasteiger charge is 2.27. The predicted molar refractivity (Wildman–Crippen MR) is 62.3 cm³/mol. The fourth-order valence-electron chi connectivity index (χ4n) is 1.51. The van der Waals surface area contributed by atoms with Crippen LogP contribution in [0.15, 0.2) is 5.38 Å². The number of methoxy groups -OCH3 is 1. The molecule has 1 unspecified atom stereocenters. The van der Waals surface area contributed by atoms with E-state index >= 15 is 0 Å². The first-order valence-electron chi connectivity index (χ1n) is 5.48. The Morgan fingerprint density at radius 2 is 2.50 bits per heavy atom. The van der Waals surface area contributed by atoms with Crippen molar-refractivity contribution in [1.82, 2.24) is 4.98 Å². The van der Waals surface area contributed by atoms with Crippen LogP contribution in [0.1, 0.15) is 48.3 Å². The summed E-state index contributed by atoms with van der Waals surface area (Å²) in [5.74, 6) is 0.458. The number of carbonyl (C=O) groups excluding carboxylic acids is 1. The zero-order valence-corrected chi connectivity index (χ0v) is 10.1. The molecule has 0 aromatic carbocycles. The molecule has 16 heavy (non-hydrogen) atoms. The fraction of sp³-hybridized carbons (Fsp3) is 0.636. The van der Waals surface area contributed by atoms with Gasteiger partial charge in [0.15, 0.2) is 0 Å². The standard InChI is InChI=1S/C11H16N2O2S/c1-15-10(14)5-4-8(12)9-6-16-11(13-9)7-2-3-7/h6-8H,2-5,12H2,1H3. The lowest BCUT2D eigenvalue weighted by Gasteiger charge is -2.07. The minimum Gasteiger partial charge on any atom is -0.469 e. The minimum absolute atomic E-state index is 0.150. The van der Waals surface area contributed by atoms with Gasteiger partial charge in [-0.1, -0.05) is 0 Å². The Morgan fingerprint density at radius 1 is 1.75 bits per heavy atom. The topological polar surface area (TPSA) is 65.2 Å². The summed E-state index contributed by atoms with van der Waals surface area (Å²) in [6.07, 6.45) is 3.46. The maximum atomic E-state index is 11.0. The maximum Gasteiger partial charge on any atom is 0.305 e. The number of thiazole rings is 1.